The maximum atomic E-state index is 13.7. The molecule has 1 aromatic rings. The fourth-order valence-electron chi connectivity index (χ4n) is 1.78. The van der Waals surface area contributed by atoms with Gasteiger partial charge in [0.15, 0.2) is 0 Å². The maximum Gasteiger partial charge on any atom is 0.118 e. The zero-order valence-corrected chi connectivity index (χ0v) is 8.67. The molecule has 4 heteroatoms. The largest absolute Gasteiger partial charge is 0.327 e. The summed E-state index contributed by atoms with van der Waals surface area (Å²) in [5.74, 6) is 0. The second-order valence-corrected chi connectivity index (χ2v) is 5.50. The fourth-order valence-corrected chi connectivity index (χ4v) is 3.00. The van der Waals surface area contributed by atoms with Crippen LogP contribution in [-0.2, 0) is 6.42 Å². The summed E-state index contributed by atoms with van der Waals surface area (Å²) in [5.41, 5.74) is 4.49. The van der Waals surface area contributed by atoms with Crippen LogP contribution in [0.15, 0.2) is 12.1 Å². The molecule has 1 saturated carbocycles. The van der Waals surface area contributed by atoms with Gasteiger partial charge in [-0.15, -0.1) is 11.3 Å². The van der Waals surface area contributed by atoms with Crippen molar-refractivity contribution in [2.24, 2.45) is 5.73 Å². The minimum absolute atomic E-state index is 0.0560. The normalized spacial score (nSPS) is 33.0. The van der Waals surface area contributed by atoms with E-state index in [4.69, 9.17) is 17.3 Å². The molecule has 72 valence electrons. The molecule has 2 rings (SSSR count). The Kier molecular flexibility index (Phi) is 2.34. The van der Waals surface area contributed by atoms with E-state index >= 15 is 0 Å². The Labute approximate surface area is 85.7 Å². The minimum Gasteiger partial charge on any atom is -0.327 e. The van der Waals surface area contributed by atoms with E-state index in [9.17, 15) is 4.39 Å². The first-order valence-electron chi connectivity index (χ1n) is 4.26. The molecule has 0 saturated heterocycles. The lowest BCUT2D eigenvalue weighted by atomic mass is 9.75. The molecule has 1 aliphatic carbocycles. The summed E-state index contributed by atoms with van der Waals surface area (Å²) in [6.07, 6.45) is 1.45. The summed E-state index contributed by atoms with van der Waals surface area (Å²) in [6, 6.07) is 3.75. The van der Waals surface area contributed by atoms with Crippen LogP contribution in [0, 0.1) is 0 Å². The lowest BCUT2D eigenvalue weighted by Crippen LogP contribution is -2.49. The van der Waals surface area contributed by atoms with Crippen LogP contribution in [0.1, 0.15) is 17.7 Å². The third-order valence-corrected chi connectivity index (χ3v) is 3.61. The monoisotopic (exact) mass is 219 g/mol. The van der Waals surface area contributed by atoms with Crippen molar-refractivity contribution < 1.29 is 4.39 Å². The standard InChI is InChI=1S/C9H11ClFNS/c10-8-2-1-7(13-8)5-9(11)3-6(12)4-9/h1-2,6H,3-5,12H2. The Morgan fingerprint density at radius 3 is 2.77 bits per heavy atom. The molecule has 0 amide bonds. The lowest BCUT2D eigenvalue weighted by Gasteiger charge is -2.39. The van der Waals surface area contributed by atoms with Crippen molar-refractivity contribution in [1.29, 1.82) is 0 Å². The van der Waals surface area contributed by atoms with Crippen LogP contribution < -0.4 is 5.73 Å². The number of thiophene rings is 1. The first kappa shape index (κ1) is 9.44. The van der Waals surface area contributed by atoms with E-state index in [0.717, 1.165) is 9.21 Å². The van der Waals surface area contributed by atoms with Crippen LogP contribution in [0.5, 0.6) is 0 Å². The second kappa shape index (κ2) is 3.23. The molecule has 1 fully saturated rings. The molecule has 1 aromatic heterocycles. The highest BCUT2D eigenvalue weighted by Crippen LogP contribution is 2.39. The van der Waals surface area contributed by atoms with Crippen molar-refractivity contribution in [3.05, 3.63) is 21.3 Å². The first-order chi connectivity index (χ1) is 6.07. The summed E-state index contributed by atoms with van der Waals surface area (Å²) < 4.78 is 14.5. The summed E-state index contributed by atoms with van der Waals surface area (Å²) in [4.78, 5) is 1.01. The van der Waals surface area contributed by atoms with Crippen LogP contribution in [0.4, 0.5) is 4.39 Å². The van der Waals surface area contributed by atoms with Gasteiger partial charge in [-0.3, -0.25) is 0 Å². The van der Waals surface area contributed by atoms with Gasteiger partial charge in [-0.2, -0.15) is 0 Å². The van der Waals surface area contributed by atoms with Gasteiger partial charge in [0.2, 0.25) is 0 Å². The third kappa shape index (κ3) is 2.03. The molecular formula is C9H11ClFNS. The van der Waals surface area contributed by atoms with Gasteiger partial charge in [0.05, 0.1) is 4.34 Å². The molecule has 1 heterocycles. The Hall–Kier alpha value is -0.120. The highest BCUT2D eigenvalue weighted by molar-refractivity contribution is 7.16. The summed E-state index contributed by atoms with van der Waals surface area (Å²) >= 11 is 7.20. The lowest BCUT2D eigenvalue weighted by molar-refractivity contribution is 0.0452. The second-order valence-electron chi connectivity index (χ2n) is 3.70. The molecule has 0 bridgehead atoms. The average molecular weight is 220 g/mol. The smallest absolute Gasteiger partial charge is 0.118 e. The predicted octanol–water partition coefficient (Wildman–Crippen LogP) is 2.77. The quantitative estimate of drug-likeness (QED) is 0.814. The van der Waals surface area contributed by atoms with Crippen molar-refractivity contribution in [2.75, 3.05) is 0 Å². The molecule has 0 atom stereocenters. The van der Waals surface area contributed by atoms with Crippen LogP contribution in [0.25, 0.3) is 0 Å². The van der Waals surface area contributed by atoms with Gasteiger partial charge in [-0.1, -0.05) is 11.6 Å². The molecule has 13 heavy (non-hydrogen) atoms. The summed E-state index contributed by atoms with van der Waals surface area (Å²) in [5, 5.41) is 0. The van der Waals surface area contributed by atoms with E-state index in [0.29, 0.717) is 19.3 Å². The van der Waals surface area contributed by atoms with Gasteiger partial charge in [-0.05, 0) is 25.0 Å². The summed E-state index contributed by atoms with van der Waals surface area (Å²) in [6.45, 7) is 0. The minimum atomic E-state index is -1.06. The Morgan fingerprint density at radius 2 is 2.31 bits per heavy atom. The van der Waals surface area contributed by atoms with E-state index < -0.39 is 5.67 Å². The van der Waals surface area contributed by atoms with Crippen LogP contribution in [0.2, 0.25) is 4.34 Å². The molecule has 0 aromatic carbocycles. The zero-order valence-electron chi connectivity index (χ0n) is 7.09. The molecule has 0 aliphatic heterocycles. The van der Waals surface area contributed by atoms with E-state index in [-0.39, 0.29) is 6.04 Å². The van der Waals surface area contributed by atoms with E-state index in [1.54, 1.807) is 0 Å². The van der Waals surface area contributed by atoms with Gasteiger partial charge in [0.25, 0.3) is 0 Å². The highest BCUT2D eigenvalue weighted by Gasteiger charge is 2.43. The fraction of sp³-hybridized carbons (Fsp3) is 0.556. The van der Waals surface area contributed by atoms with Crippen molar-refractivity contribution in [2.45, 2.75) is 31.0 Å². The average Bonchev–Trinajstić information content (AvgIpc) is 2.32. The molecule has 0 radical (unpaired) electrons. The topological polar surface area (TPSA) is 26.0 Å². The number of halogens is 2. The zero-order chi connectivity index (χ0) is 9.47. The van der Waals surface area contributed by atoms with Crippen molar-refractivity contribution in [1.82, 2.24) is 0 Å². The van der Waals surface area contributed by atoms with Crippen LogP contribution in [0.3, 0.4) is 0 Å². The maximum absolute atomic E-state index is 13.7. The number of hydrogen-bond acceptors (Lipinski definition) is 2. The Bertz CT molecular complexity index is 306. The SMILES string of the molecule is NC1CC(F)(Cc2ccc(Cl)s2)C1. The molecule has 2 N–H and O–H groups in total. The van der Waals surface area contributed by atoms with Crippen LogP contribution in [-0.4, -0.2) is 11.7 Å². The van der Waals surface area contributed by atoms with Crippen molar-refractivity contribution >= 4 is 22.9 Å². The van der Waals surface area contributed by atoms with Gasteiger partial charge in [-0.25, -0.2) is 4.39 Å². The molecule has 1 aliphatic rings. The highest BCUT2D eigenvalue weighted by atomic mass is 35.5. The Morgan fingerprint density at radius 1 is 1.62 bits per heavy atom. The number of hydrogen-bond donors (Lipinski definition) is 1. The number of nitrogens with two attached hydrogens (primary N) is 1. The van der Waals surface area contributed by atoms with E-state index in [1.165, 1.54) is 11.3 Å². The van der Waals surface area contributed by atoms with E-state index in [1.807, 2.05) is 12.1 Å². The van der Waals surface area contributed by atoms with Crippen molar-refractivity contribution in [3.63, 3.8) is 0 Å². The van der Waals surface area contributed by atoms with E-state index in [2.05, 4.69) is 0 Å². The Balaban J connectivity index is 1.99. The molecule has 0 unspecified atom stereocenters. The van der Waals surface area contributed by atoms with Gasteiger partial charge < -0.3 is 5.73 Å². The molecular weight excluding hydrogens is 209 g/mol. The predicted molar refractivity (Wildman–Crippen MR) is 54.1 cm³/mol. The van der Waals surface area contributed by atoms with Gasteiger partial charge in [0, 0.05) is 17.3 Å². The first-order valence-corrected chi connectivity index (χ1v) is 5.46. The number of rotatable bonds is 2. The van der Waals surface area contributed by atoms with Gasteiger partial charge in [0.1, 0.15) is 5.67 Å². The third-order valence-electron chi connectivity index (χ3n) is 2.38. The molecule has 1 nitrogen and oxygen atoms in total. The van der Waals surface area contributed by atoms with Gasteiger partial charge >= 0.3 is 0 Å². The molecule has 0 spiro atoms. The summed E-state index contributed by atoms with van der Waals surface area (Å²) in [7, 11) is 0. The number of alkyl halides is 1. The van der Waals surface area contributed by atoms with Crippen LogP contribution >= 0.6 is 22.9 Å². The van der Waals surface area contributed by atoms with Crippen molar-refractivity contribution in [3.8, 4) is 0 Å².